The molecule has 0 bridgehead atoms. The third-order valence-electron chi connectivity index (χ3n) is 1.72. The van der Waals surface area contributed by atoms with E-state index in [1.165, 1.54) is 10.5 Å². The molecule has 0 spiro atoms. The van der Waals surface area contributed by atoms with Gasteiger partial charge in [0.1, 0.15) is 0 Å². The molecule has 0 aliphatic rings. The molecule has 0 aliphatic heterocycles. The van der Waals surface area contributed by atoms with Crippen LogP contribution in [0.4, 0.5) is 0 Å². The van der Waals surface area contributed by atoms with E-state index in [-0.39, 0.29) is 0 Å². The highest BCUT2D eigenvalue weighted by molar-refractivity contribution is 9.10. The molecule has 0 aromatic carbocycles. The van der Waals surface area contributed by atoms with Crippen molar-refractivity contribution < 1.29 is 0 Å². The summed E-state index contributed by atoms with van der Waals surface area (Å²) in [5.74, 6) is 0. The zero-order valence-electron chi connectivity index (χ0n) is 7.93. The number of nitrogens with one attached hydrogen (secondary N) is 1. The highest BCUT2D eigenvalue weighted by atomic mass is 79.9. The van der Waals surface area contributed by atoms with Crippen molar-refractivity contribution in [2.45, 2.75) is 19.9 Å². The van der Waals surface area contributed by atoms with E-state index in [0.717, 1.165) is 11.0 Å². The van der Waals surface area contributed by atoms with Gasteiger partial charge in [-0.25, -0.2) is 0 Å². The monoisotopic (exact) mass is 259 g/mol. The van der Waals surface area contributed by atoms with Crippen molar-refractivity contribution in [3.8, 4) is 0 Å². The molecule has 13 heavy (non-hydrogen) atoms. The van der Waals surface area contributed by atoms with Gasteiger partial charge in [-0.2, -0.15) is 0 Å². The molecular weight excluding hydrogens is 246 g/mol. The zero-order chi connectivity index (χ0) is 9.84. The normalized spacial score (nSPS) is 12.8. The van der Waals surface area contributed by atoms with Gasteiger partial charge in [-0.05, 0) is 35.8 Å². The second-order valence-electron chi connectivity index (χ2n) is 3.23. The minimum atomic E-state index is 0.410. The molecular formula is C10H14BrNS. The van der Waals surface area contributed by atoms with Crippen LogP contribution in [0, 0.1) is 0 Å². The fraction of sp³-hybridized carbons (Fsp3) is 0.400. The minimum Gasteiger partial charge on any atom is -0.306 e. The number of thiophene rings is 1. The Morgan fingerprint density at radius 1 is 1.77 bits per heavy atom. The second-order valence-corrected chi connectivity index (χ2v) is 5.09. The third-order valence-corrected chi connectivity index (χ3v) is 3.60. The molecule has 3 heteroatoms. The maximum atomic E-state index is 3.86. The van der Waals surface area contributed by atoms with Gasteiger partial charge in [0.2, 0.25) is 0 Å². The van der Waals surface area contributed by atoms with Crippen LogP contribution in [-0.4, -0.2) is 6.54 Å². The van der Waals surface area contributed by atoms with Gasteiger partial charge in [0.25, 0.3) is 0 Å². The molecule has 0 fully saturated rings. The van der Waals surface area contributed by atoms with Crippen molar-refractivity contribution in [2.75, 3.05) is 6.54 Å². The van der Waals surface area contributed by atoms with Crippen LogP contribution in [0.5, 0.6) is 0 Å². The molecule has 72 valence electrons. The Balaban J connectivity index is 2.48. The SMILES string of the molecule is C=C(C)CNC(C)c1cc(Br)cs1. The molecule has 0 saturated heterocycles. The van der Waals surface area contributed by atoms with Crippen LogP contribution in [-0.2, 0) is 0 Å². The minimum absolute atomic E-state index is 0.410. The van der Waals surface area contributed by atoms with Crippen molar-refractivity contribution >= 4 is 27.3 Å². The molecule has 1 rings (SSSR count). The Morgan fingerprint density at radius 3 is 2.92 bits per heavy atom. The summed E-state index contributed by atoms with van der Waals surface area (Å²) in [7, 11) is 0. The van der Waals surface area contributed by atoms with E-state index in [1.807, 2.05) is 6.92 Å². The van der Waals surface area contributed by atoms with E-state index in [1.54, 1.807) is 11.3 Å². The molecule has 0 saturated carbocycles. The lowest BCUT2D eigenvalue weighted by Gasteiger charge is -2.11. The first-order chi connectivity index (χ1) is 6.09. The average Bonchev–Trinajstić information content (AvgIpc) is 2.47. The summed E-state index contributed by atoms with van der Waals surface area (Å²) >= 11 is 5.22. The van der Waals surface area contributed by atoms with Crippen molar-refractivity contribution in [1.29, 1.82) is 0 Å². The summed E-state index contributed by atoms with van der Waals surface area (Å²) in [6.45, 7) is 8.94. The third kappa shape index (κ3) is 3.63. The summed E-state index contributed by atoms with van der Waals surface area (Å²) in [6, 6.07) is 2.56. The summed E-state index contributed by atoms with van der Waals surface area (Å²) in [5.41, 5.74) is 1.17. The van der Waals surface area contributed by atoms with Gasteiger partial charge >= 0.3 is 0 Å². The highest BCUT2D eigenvalue weighted by Crippen LogP contribution is 2.25. The predicted octanol–water partition coefficient (Wildman–Crippen LogP) is 3.74. The first-order valence-corrected chi connectivity index (χ1v) is 5.88. The Labute approximate surface area is 92.0 Å². The summed E-state index contributed by atoms with van der Waals surface area (Å²) in [6.07, 6.45) is 0. The smallest absolute Gasteiger partial charge is 0.0389 e. The highest BCUT2D eigenvalue weighted by Gasteiger charge is 2.06. The van der Waals surface area contributed by atoms with Crippen LogP contribution in [0.15, 0.2) is 28.1 Å². The van der Waals surface area contributed by atoms with Crippen LogP contribution < -0.4 is 5.32 Å². The fourth-order valence-corrected chi connectivity index (χ4v) is 2.46. The number of hydrogen-bond donors (Lipinski definition) is 1. The van der Waals surface area contributed by atoms with E-state index >= 15 is 0 Å². The quantitative estimate of drug-likeness (QED) is 0.813. The van der Waals surface area contributed by atoms with E-state index in [2.05, 4.69) is 46.2 Å². The Kier molecular flexibility index (Phi) is 4.16. The first-order valence-electron chi connectivity index (χ1n) is 4.21. The first kappa shape index (κ1) is 11.0. The van der Waals surface area contributed by atoms with Crippen LogP contribution in [0.25, 0.3) is 0 Å². The lowest BCUT2D eigenvalue weighted by molar-refractivity contribution is 0.617. The molecule has 0 amide bonds. The van der Waals surface area contributed by atoms with Crippen molar-refractivity contribution in [2.24, 2.45) is 0 Å². The standard InChI is InChI=1S/C10H14BrNS/c1-7(2)5-12-8(3)10-4-9(11)6-13-10/h4,6,8,12H,1,5H2,2-3H3. The van der Waals surface area contributed by atoms with E-state index < -0.39 is 0 Å². The van der Waals surface area contributed by atoms with Crippen molar-refractivity contribution in [3.63, 3.8) is 0 Å². The predicted molar refractivity (Wildman–Crippen MR) is 63.3 cm³/mol. The average molecular weight is 260 g/mol. The lowest BCUT2D eigenvalue weighted by Crippen LogP contribution is -2.19. The van der Waals surface area contributed by atoms with Crippen LogP contribution in [0.1, 0.15) is 24.8 Å². The van der Waals surface area contributed by atoms with Gasteiger partial charge in [-0.3, -0.25) is 0 Å². The Bertz CT molecular complexity index is 293. The maximum absolute atomic E-state index is 3.86. The number of halogens is 1. The number of rotatable bonds is 4. The molecule has 1 unspecified atom stereocenters. The van der Waals surface area contributed by atoms with Crippen molar-refractivity contribution in [3.05, 3.63) is 32.9 Å². The van der Waals surface area contributed by atoms with Crippen LogP contribution in [0.3, 0.4) is 0 Å². The van der Waals surface area contributed by atoms with E-state index in [9.17, 15) is 0 Å². The molecule has 1 atom stereocenters. The largest absolute Gasteiger partial charge is 0.306 e. The van der Waals surface area contributed by atoms with Gasteiger partial charge in [0, 0.05) is 27.3 Å². The molecule has 1 aromatic heterocycles. The summed E-state index contributed by atoms with van der Waals surface area (Å²) in [4.78, 5) is 1.35. The molecule has 0 aliphatic carbocycles. The Hall–Kier alpha value is -0.120. The molecule has 0 radical (unpaired) electrons. The summed E-state index contributed by atoms with van der Waals surface area (Å²) in [5, 5.41) is 5.51. The van der Waals surface area contributed by atoms with E-state index in [4.69, 9.17) is 0 Å². The zero-order valence-corrected chi connectivity index (χ0v) is 10.3. The van der Waals surface area contributed by atoms with Gasteiger partial charge < -0.3 is 5.32 Å². The second kappa shape index (κ2) is 4.94. The van der Waals surface area contributed by atoms with Gasteiger partial charge in [-0.1, -0.05) is 12.2 Å². The van der Waals surface area contributed by atoms with Gasteiger partial charge in [0.15, 0.2) is 0 Å². The van der Waals surface area contributed by atoms with Crippen LogP contribution in [0.2, 0.25) is 0 Å². The number of hydrogen-bond acceptors (Lipinski definition) is 2. The maximum Gasteiger partial charge on any atom is 0.0389 e. The fourth-order valence-electron chi connectivity index (χ4n) is 0.983. The van der Waals surface area contributed by atoms with Gasteiger partial charge in [0.05, 0.1) is 0 Å². The van der Waals surface area contributed by atoms with Crippen molar-refractivity contribution in [1.82, 2.24) is 5.32 Å². The summed E-state index contributed by atoms with van der Waals surface area (Å²) < 4.78 is 1.16. The van der Waals surface area contributed by atoms with E-state index in [0.29, 0.717) is 6.04 Å². The molecule has 1 nitrogen and oxygen atoms in total. The lowest BCUT2D eigenvalue weighted by atomic mass is 10.2. The molecule has 1 aromatic rings. The molecule has 1 N–H and O–H groups in total. The molecule has 1 heterocycles. The Morgan fingerprint density at radius 2 is 2.46 bits per heavy atom. The topological polar surface area (TPSA) is 12.0 Å². The van der Waals surface area contributed by atoms with Crippen LogP contribution >= 0.6 is 27.3 Å². The van der Waals surface area contributed by atoms with Gasteiger partial charge in [-0.15, -0.1) is 11.3 Å².